The third-order valence-corrected chi connectivity index (χ3v) is 3.79. The number of carbonyl (C=O) groups excluding carboxylic acids is 2. The molecule has 5 nitrogen and oxygen atoms in total. The first-order valence-electron chi connectivity index (χ1n) is 5.99. The summed E-state index contributed by atoms with van der Waals surface area (Å²) in [7, 11) is 0. The molecule has 2 heterocycles. The summed E-state index contributed by atoms with van der Waals surface area (Å²) in [5.41, 5.74) is 0.875. The fourth-order valence-corrected chi connectivity index (χ4v) is 2.70. The maximum atomic E-state index is 11.0. The van der Waals surface area contributed by atoms with Gasteiger partial charge in [0.2, 0.25) is 11.8 Å². The largest absolute Gasteiger partial charge is 0.355 e. The van der Waals surface area contributed by atoms with Crippen molar-refractivity contribution in [1.29, 1.82) is 0 Å². The number of hydrogen-bond donors (Lipinski definition) is 3. The standard InChI is InChI=1S/C12H17N3O2S/c1-8(16)15-10-4-5-18-11(10)7-13-9-2-3-12(17)14-6-9/h4-5,9,13H,2-3,6-7H2,1H3,(H,14,17)(H,15,16). The number of piperidine rings is 1. The van der Waals surface area contributed by atoms with Crippen LogP contribution in [0.2, 0.25) is 0 Å². The molecular formula is C12H17N3O2S. The molecule has 18 heavy (non-hydrogen) atoms. The molecule has 3 N–H and O–H groups in total. The van der Waals surface area contributed by atoms with Crippen molar-refractivity contribution < 1.29 is 9.59 Å². The van der Waals surface area contributed by atoms with Gasteiger partial charge in [0.25, 0.3) is 0 Å². The molecule has 1 aliphatic rings. The number of carbonyl (C=O) groups is 2. The van der Waals surface area contributed by atoms with Gasteiger partial charge in [-0.15, -0.1) is 11.3 Å². The van der Waals surface area contributed by atoms with Crippen LogP contribution in [0.25, 0.3) is 0 Å². The van der Waals surface area contributed by atoms with Gasteiger partial charge in [0.05, 0.1) is 5.69 Å². The molecule has 0 bridgehead atoms. The maximum Gasteiger partial charge on any atom is 0.221 e. The highest BCUT2D eigenvalue weighted by Gasteiger charge is 2.17. The molecule has 1 atom stereocenters. The summed E-state index contributed by atoms with van der Waals surface area (Å²) in [4.78, 5) is 23.2. The highest BCUT2D eigenvalue weighted by Crippen LogP contribution is 2.22. The monoisotopic (exact) mass is 267 g/mol. The Morgan fingerprint density at radius 3 is 3.11 bits per heavy atom. The van der Waals surface area contributed by atoms with Crippen molar-refractivity contribution in [2.24, 2.45) is 0 Å². The van der Waals surface area contributed by atoms with Crippen molar-refractivity contribution in [3.63, 3.8) is 0 Å². The molecule has 98 valence electrons. The van der Waals surface area contributed by atoms with Crippen molar-refractivity contribution >= 4 is 28.8 Å². The Morgan fingerprint density at radius 2 is 2.44 bits per heavy atom. The summed E-state index contributed by atoms with van der Waals surface area (Å²) in [6, 6.07) is 2.22. The van der Waals surface area contributed by atoms with Gasteiger partial charge in [0.1, 0.15) is 0 Å². The van der Waals surface area contributed by atoms with Gasteiger partial charge in [-0.1, -0.05) is 0 Å². The van der Waals surface area contributed by atoms with Crippen LogP contribution in [0.5, 0.6) is 0 Å². The van der Waals surface area contributed by atoms with Gasteiger partial charge in [-0.2, -0.15) is 0 Å². The van der Waals surface area contributed by atoms with Crippen molar-refractivity contribution in [2.75, 3.05) is 11.9 Å². The summed E-state index contributed by atoms with van der Waals surface area (Å²) < 4.78 is 0. The van der Waals surface area contributed by atoms with Crippen LogP contribution in [0.15, 0.2) is 11.4 Å². The second-order valence-corrected chi connectivity index (χ2v) is 5.36. The number of hydrogen-bond acceptors (Lipinski definition) is 4. The molecule has 1 saturated heterocycles. The van der Waals surface area contributed by atoms with E-state index in [0.717, 1.165) is 17.0 Å². The molecule has 1 aromatic heterocycles. The molecule has 0 radical (unpaired) electrons. The highest BCUT2D eigenvalue weighted by molar-refractivity contribution is 7.10. The lowest BCUT2D eigenvalue weighted by atomic mass is 10.1. The highest BCUT2D eigenvalue weighted by atomic mass is 32.1. The third kappa shape index (κ3) is 3.54. The third-order valence-electron chi connectivity index (χ3n) is 2.87. The summed E-state index contributed by atoms with van der Waals surface area (Å²) in [5.74, 6) is 0.0719. The summed E-state index contributed by atoms with van der Waals surface area (Å²) in [6.45, 7) is 2.90. The first kappa shape index (κ1) is 13.0. The van der Waals surface area contributed by atoms with E-state index in [1.54, 1.807) is 11.3 Å². The molecule has 6 heteroatoms. The zero-order chi connectivity index (χ0) is 13.0. The maximum absolute atomic E-state index is 11.0. The predicted molar refractivity (Wildman–Crippen MR) is 71.5 cm³/mol. The molecular weight excluding hydrogens is 250 g/mol. The topological polar surface area (TPSA) is 70.2 Å². The Bertz CT molecular complexity index is 434. The minimum atomic E-state index is -0.0559. The van der Waals surface area contributed by atoms with Gasteiger partial charge in [-0.25, -0.2) is 0 Å². The van der Waals surface area contributed by atoms with E-state index >= 15 is 0 Å². The van der Waals surface area contributed by atoms with Gasteiger partial charge >= 0.3 is 0 Å². The predicted octanol–water partition coefficient (Wildman–Crippen LogP) is 1.07. The number of thiophene rings is 1. The molecule has 2 amide bonds. The van der Waals surface area contributed by atoms with E-state index in [9.17, 15) is 9.59 Å². The zero-order valence-corrected chi connectivity index (χ0v) is 11.1. The Hall–Kier alpha value is -1.40. The van der Waals surface area contributed by atoms with E-state index in [1.807, 2.05) is 11.4 Å². The fourth-order valence-electron chi connectivity index (χ4n) is 1.92. The van der Waals surface area contributed by atoms with Crippen molar-refractivity contribution in [2.45, 2.75) is 32.4 Å². The van der Waals surface area contributed by atoms with Crippen LogP contribution in [0, 0.1) is 0 Å². The Balaban J connectivity index is 1.84. The van der Waals surface area contributed by atoms with E-state index in [0.29, 0.717) is 25.6 Å². The van der Waals surface area contributed by atoms with Gasteiger partial charge < -0.3 is 16.0 Å². The van der Waals surface area contributed by atoms with Gasteiger partial charge in [0.15, 0.2) is 0 Å². The molecule has 0 spiro atoms. The lowest BCUT2D eigenvalue weighted by Gasteiger charge is -2.23. The fraction of sp³-hybridized carbons (Fsp3) is 0.500. The van der Waals surface area contributed by atoms with Gasteiger partial charge in [-0.3, -0.25) is 9.59 Å². The smallest absolute Gasteiger partial charge is 0.221 e. The Morgan fingerprint density at radius 1 is 1.61 bits per heavy atom. The van der Waals surface area contributed by atoms with E-state index in [2.05, 4.69) is 16.0 Å². The SMILES string of the molecule is CC(=O)Nc1ccsc1CNC1CCC(=O)NC1. The second kappa shape index (κ2) is 5.97. The molecule has 2 rings (SSSR count). The normalized spacial score (nSPS) is 19.4. The van der Waals surface area contributed by atoms with Crippen LogP contribution < -0.4 is 16.0 Å². The van der Waals surface area contributed by atoms with Crippen LogP contribution in [0.3, 0.4) is 0 Å². The Kier molecular flexibility index (Phi) is 4.33. The number of nitrogens with one attached hydrogen (secondary N) is 3. The van der Waals surface area contributed by atoms with Crippen LogP contribution >= 0.6 is 11.3 Å². The molecule has 1 fully saturated rings. The van der Waals surface area contributed by atoms with Crippen molar-refractivity contribution in [3.05, 3.63) is 16.3 Å². The van der Waals surface area contributed by atoms with Crippen LogP contribution in [-0.4, -0.2) is 24.4 Å². The van der Waals surface area contributed by atoms with E-state index in [-0.39, 0.29) is 11.8 Å². The van der Waals surface area contributed by atoms with E-state index in [1.165, 1.54) is 6.92 Å². The molecule has 0 aliphatic carbocycles. The lowest BCUT2D eigenvalue weighted by molar-refractivity contribution is -0.122. The average molecular weight is 267 g/mol. The first-order chi connectivity index (χ1) is 8.65. The molecule has 1 aromatic rings. The van der Waals surface area contributed by atoms with Crippen molar-refractivity contribution in [1.82, 2.24) is 10.6 Å². The van der Waals surface area contributed by atoms with Crippen LogP contribution in [0.1, 0.15) is 24.6 Å². The Labute approximate surface area is 110 Å². The summed E-state index contributed by atoms with van der Waals surface area (Å²) in [5, 5.41) is 11.0. The minimum Gasteiger partial charge on any atom is -0.355 e. The van der Waals surface area contributed by atoms with Crippen LogP contribution in [-0.2, 0) is 16.1 Å². The summed E-state index contributed by atoms with van der Waals surface area (Å²) >= 11 is 1.62. The number of rotatable bonds is 4. The van der Waals surface area contributed by atoms with Crippen LogP contribution in [0.4, 0.5) is 5.69 Å². The van der Waals surface area contributed by atoms with Gasteiger partial charge in [0, 0.05) is 37.4 Å². The minimum absolute atomic E-state index is 0.0559. The molecule has 0 aromatic carbocycles. The lowest BCUT2D eigenvalue weighted by Crippen LogP contribution is -2.45. The van der Waals surface area contributed by atoms with E-state index in [4.69, 9.17) is 0 Å². The average Bonchev–Trinajstić information content (AvgIpc) is 2.75. The molecule has 1 unspecified atom stereocenters. The summed E-state index contributed by atoms with van der Waals surface area (Å²) in [6.07, 6.45) is 1.45. The van der Waals surface area contributed by atoms with Gasteiger partial charge in [-0.05, 0) is 17.9 Å². The molecule has 0 saturated carbocycles. The second-order valence-electron chi connectivity index (χ2n) is 4.36. The van der Waals surface area contributed by atoms with E-state index < -0.39 is 0 Å². The van der Waals surface area contributed by atoms with Crippen molar-refractivity contribution in [3.8, 4) is 0 Å². The quantitative estimate of drug-likeness (QED) is 0.764. The zero-order valence-electron chi connectivity index (χ0n) is 10.3. The number of anilines is 1. The first-order valence-corrected chi connectivity index (χ1v) is 6.87. The number of amides is 2. The molecule has 1 aliphatic heterocycles.